The third-order valence-electron chi connectivity index (χ3n) is 4.95. The molecule has 0 spiro atoms. The predicted octanol–water partition coefficient (Wildman–Crippen LogP) is 2.35. The molecule has 0 saturated heterocycles. The van der Waals surface area contributed by atoms with E-state index >= 15 is 0 Å². The summed E-state index contributed by atoms with van der Waals surface area (Å²) in [5, 5.41) is 2.74. The van der Waals surface area contributed by atoms with Crippen molar-refractivity contribution < 1.29 is 19.1 Å². The fourth-order valence-corrected chi connectivity index (χ4v) is 2.98. The first-order chi connectivity index (χ1) is 13.9. The molecule has 1 saturated carbocycles. The first-order valence-electron chi connectivity index (χ1n) is 9.50. The minimum atomic E-state index is -0.730. The molecule has 0 aliphatic heterocycles. The molecule has 0 bridgehead atoms. The van der Waals surface area contributed by atoms with Gasteiger partial charge in [-0.25, -0.2) is 4.79 Å². The van der Waals surface area contributed by atoms with E-state index in [1.165, 1.54) is 7.11 Å². The van der Waals surface area contributed by atoms with Gasteiger partial charge in [0.1, 0.15) is 0 Å². The Morgan fingerprint density at radius 1 is 1.10 bits per heavy atom. The van der Waals surface area contributed by atoms with Crippen LogP contribution in [0.1, 0.15) is 28.8 Å². The molecule has 1 unspecified atom stereocenters. The maximum atomic E-state index is 12.4. The number of benzene rings is 2. The maximum absolute atomic E-state index is 12.4. The van der Waals surface area contributed by atoms with Crippen molar-refractivity contribution in [2.45, 2.75) is 25.3 Å². The fourth-order valence-electron chi connectivity index (χ4n) is 2.98. The zero-order valence-corrected chi connectivity index (χ0v) is 16.6. The summed E-state index contributed by atoms with van der Waals surface area (Å²) in [4.78, 5) is 37.6. The zero-order chi connectivity index (χ0) is 21.0. The van der Waals surface area contributed by atoms with Crippen LogP contribution < -0.4 is 16.0 Å². The Hall–Kier alpha value is -3.19. The Bertz CT molecular complexity index is 889. The van der Waals surface area contributed by atoms with Crippen molar-refractivity contribution in [3.8, 4) is 0 Å². The van der Waals surface area contributed by atoms with Gasteiger partial charge < -0.3 is 20.7 Å². The Kier molecular flexibility index (Phi) is 6.29. The molecule has 0 aromatic heterocycles. The van der Waals surface area contributed by atoms with Gasteiger partial charge in [-0.3, -0.25) is 9.59 Å². The number of esters is 1. The van der Waals surface area contributed by atoms with Crippen molar-refractivity contribution in [1.82, 2.24) is 0 Å². The highest BCUT2D eigenvalue weighted by atomic mass is 16.5. The topological polar surface area (TPSA) is 102 Å². The van der Waals surface area contributed by atoms with Crippen molar-refractivity contribution in [2.75, 3.05) is 24.4 Å². The van der Waals surface area contributed by atoms with Crippen LogP contribution in [0.15, 0.2) is 48.5 Å². The molecule has 1 aliphatic rings. The van der Waals surface area contributed by atoms with Gasteiger partial charge in [0.05, 0.1) is 18.7 Å². The normalized spacial score (nSPS) is 14.0. The summed E-state index contributed by atoms with van der Waals surface area (Å²) in [6.45, 7) is 0. The lowest BCUT2D eigenvalue weighted by Gasteiger charge is -2.18. The van der Waals surface area contributed by atoms with Crippen molar-refractivity contribution in [2.24, 2.45) is 11.7 Å². The quantitative estimate of drug-likeness (QED) is 0.701. The molecule has 2 amide bonds. The lowest BCUT2D eigenvalue weighted by atomic mass is 10.0. The van der Waals surface area contributed by atoms with E-state index in [2.05, 4.69) is 10.1 Å². The molecule has 7 heteroatoms. The molecule has 0 heterocycles. The highest BCUT2D eigenvalue weighted by Gasteiger charge is 2.32. The number of carbonyl (C=O) groups is 3. The van der Waals surface area contributed by atoms with Crippen molar-refractivity contribution in [3.05, 3.63) is 59.7 Å². The summed E-state index contributed by atoms with van der Waals surface area (Å²) in [7, 11) is 3.09. The average Bonchev–Trinajstić information content (AvgIpc) is 3.58. The predicted molar refractivity (Wildman–Crippen MR) is 111 cm³/mol. The third kappa shape index (κ3) is 5.20. The van der Waals surface area contributed by atoms with Crippen LogP contribution in [0.25, 0.3) is 0 Å². The molecular weight excluding hydrogens is 370 g/mol. The number of rotatable bonds is 7. The van der Waals surface area contributed by atoms with E-state index in [9.17, 15) is 14.4 Å². The Morgan fingerprint density at radius 3 is 2.28 bits per heavy atom. The van der Waals surface area contributed by atoms with Crippen LogP contribution in [0.4, 0.5) is 11.4 Å². The van der Waals surface area contributed by atoms with Crippen LogP contribution in [0.5, 0.6) is 0 Å². The molecule has 7 nitrogen and oxygen atoms in total. The van der Waals surface area contributed by atoms with Crippen molar-refractivity contribution in [1.29, 1.82) is 0 Å². The summed E-state index contributed by atoms with van der Waals surface area (Å²) in [6.07, 6.45) is 2.31. The number of carbonyl (C=O) groups excluding carboxylic acids is 3. The van der Waals surface area contributed by atoms with E-state index in [0.29, 0.717) is 17.7 Å². The smallest absolute Gasteiger partial charge is 0.337 e. The molecule has 1 fully saturated rings. The molecule has 1 aliphatic carbocycles. The number of anilines is 2. The summed E-state index contributed by atoms with van der Waals surface area (Å²) in [5.41, 5.74) is 8.73. The highest BCUT2D eigenvalue weighted by Crippen LogP contribution is 2.32. The highest BCUT2D eigenvalue weighted by molar-refractivity contribution is 5.96. The molecule has 2 aromatic rings. The molecule has 152 valence electrons. The Balaban J connectivity index is 1.55. The van der Waals surface area contributed by atoms with Crippen LogP contribution in [0.2, 0.25) is 0 Å². The standard InChI is InChI=1S/C22H25N3O4/c1-25(21(27)15-5-6-15)18-11-3-14(4-12-18)13-19(23)20(26)24-17-9-7-16(8-10-17)22(28)29-2/h3-4,7-12,15,19H,5-6,13,23H2,1-2H3,(H,24,26). The second-order valence-electron chi connectivity index (χ2n) is 7.21. The largest absolute Gasteiger partial charge is 0.465 e. The number of ether oxygens (including phenoxy) is 1. The van der Waals surface area contributed by atoms with Crippen molar-refractivity contribution >= 4 is 29.2 Å². The van der Waals surface area contributed by atoms with E-state index < -0.39 is 12.0 Å². The number of amides is 2. The summed E-state index contributed by atoms with van der Waals surface area (Å²) >= 11 is 0. The number of nitrogens with one attached hydrogen (secondary N) is 1. The zero-order valence-electron chi connectivity index (χ0n) is 16.6. The van der Waals surface area contributed by atoms with E-state index in [0.717, 1.165) is 24.1 Å². The van der Waals surface area contributed by atoms with Crippen LogP contribution in [0.3, 0.4) is 0 Å². The summed E-state index contributed by atoms with van der Waals surface area (Å²) < 4.78 is 4.64. The van der Waals surface area contributed by atoms with Gasteiger partial charge in [0.15, 0.2) is 0 Å². The molecule has 29 heavy (non-hydrogen) atoms. The van der Waals surface area contributed by atoms with Crippen molar-refractivity contribution in [3.63, 3.8) is 0 Å². The number of nitrogens with zero attached hydrogens (tertiary/aromatic N) is 1. The lowest BCUT2D eigenvalue weighted by Crippen LogP contribution is -2.37. The first-order valence-corrected chi connectivity index (χ1v) is 9.50. The maximum Gasteiger partial charge on any atom is 0.337 e. The van der Waals surface area contributed by atoms with Gasteiger partial charge in [0.25, 0.3) is 0 Å². The monoisotopic (exact) mass is 395 g/mol. The summed E-state index contributed by atoms with van der Waals surface area (Å²) in [5.74, 6) is -0.445. The van der Waals surface area contributed by atoms with Gasteiger partial charge in [0.2, 0.25) is 11.8 Å². The van der Waals surface area contributed by atoms with Gasteiger partial charge >= 0.3 is 5.97 Å². The second-order valence-corrected chi connectivity index (χ2v) is 7.21. The van der Waals surface area contributed by atoms with Gasteiger partial charge in [-0.15, -0.1) is 0 Å². The molecule has 2 aromatic carbocycles. The molecule has 1 atom stereocenters. The van der Waals surface area contributed by atoms with Gasteiger partial charge in [-0.1, -0.05) is 12.1 Å². The molecular formula is C22H25N3O4. The number of hydrogen-bond acceptors (Lipinski definition) is 5. The first kappa shape index (κ1) is 20.5. The summed E-state index contributed by atoms with van der Waals surface area (Å²) in [6, 6.07) is 13.2. The minimum absolute atomic E-state index is 0.145. The third-order valence-corrected chi connectivity index (χ3v) is 4.95. The average molecular weight is 395 g/mol. The lowest BCUT2D eigenvalue weighted by molar-refractivity contribution is -0.119. The van der Waals surface area contributed by atoms with Crippen LogP contribution in [-0.2, 0) is 20.7 Å². The number of methoxy groups -OCH3 is 1. The van der Waals surface area contributed by atoms with E-state index in [-0.39, 0.29) is 17.7 Å². The van der Waals surface area contributed by atoms with E-state index in [1.807, 2.05) is 24.3 Å². The van der Waals surface area contributed by atoms with E-state index in [1.54, 1.807) is 36.2 Å². The fraction of sp³-hybridized carbons (Fsp3) is 0.318. The minimum Gasteiger partial charge on any atom is -0.465 e. The van der Waals surface area contributed by atoms with Crippen LogP contribution >= 0.6 is 0 Å². The molecule has 3 N–H and O–H groups in total. The van der Waals surface area contributed by atoms with Gasteiger partial charge in [0, 0.05) is 24.3 Å². The van der Waals surface area contributed by atoms with Crippen LogP contribution in [0, 0.1) is 5.92 Å². The SMILES string of the molecule is COC(=O)c1ccc(NC(=O)C(N)Cc2ccc(N(C)C(=O)C3CC3)cc2)cc1. The Morgan fingerprint density at radius 2 is 1.72 bits per heavy atom. The van der Waals surface area contributed by atoms with E-state index in [4.69, 9.17) is 5.73 Å². The number of hydrogen-bond donors (Lipinski definition) is 2. The molecule has 3 rings (SSSR count). The number of nitrogens with two attached hydrogens (primary N) is 1. The Labute approximate surface area is 169 Å². The van der Waals surface area contributed by atoms with Crippen LogP contribution in [-0.4, -0.2) is 38.0 Å². The molecule has 0 radical (unpaired) electrons. The second kappa shape index (κ2) is 8.87. The van der Waals surface area contributed by atoms with Gasteiger partial charge in [-0.2, -0.15) is 0 Å². The van der Waals surface area contributed by atoms with Gasteiger partial charge in [-0.05, 0) is 61.2 Å².